The van der Waals surface area contributed by atoms with Crippen molar-refractivity contribution < 1.29 is 0 Å². The summed E-state index contributed by atoms with van der Waals surface area (Å²) >= 11 is 6.20. The third-order valence-corrected chi connectivity index (χ3v) is 4.52. The van der Waals surface area contributed by atoms with Crippen molar-refractivity contribution in [3.8, 4) is 0 Å². The lowest BCUT2D eigenvalue weighted by Crippen LogP contribution is -2.45. The van der Waals surface area contributed by atoms with Gasteiger partial charge in [0, 0.05) is 26.2 Å². The van der Waals surface area contributed by atoms with Crippen LogP contribution < -0.4 is 4.90 Å². The number of halogens is 1. The lowest BCUT2D eigenvalue weighted by molar-refractivity contribution is 0.312. The highest BCUT2D eigenvalue weighted by Gasteiger charge is 2.21. The molecule has 3 aromatic heterocycles. The van der Waals surface area contributed by atoms with Crippen LogP contribution in [0, 0.1) is 6.92 Å². The van der Waals surface area contributed by atoms with E-state index < -0.39 is 0 Å². The van der Waals surface area contributed by atoms with Crippen molar-refractivity contribution in [3.63, 3.8) is 0 Å². The number of hydrogen-bond donors (Lipinski definition) is 0. The van der Waals surface area contributed by atoms with E-state index in [2.05, 4.69) is 32.0 Å². The Morgan fingerprint density at radius 3 is 2.68 bits per heavy atom. The van der Waals surface area contributed by atoms with Crippen molar-refractivity contribution in [2.75, 3.05) is 38.1 Å². The summed E-state index contributed by atoms with van der Waals surface area (Å²) in [6.45, 7) is 5.74. The quantitative estimate of drug-likeness (QED) is 0.676. The van der Waals surface area contributed by atoms with E-state index in [9.17, 15) is 0 Å². The number of aromatic nitrogens is 5. The zero-order valence-electron chi connectivity index (χ0n) is 12.5. The number of pyridine rings is 1. The second-order valence-electron chi connectivity index (χ2n) is 5.65. The zero-order valence-corrected chi connectivity index (χ0v) is 13.2. The van der Waals surface area contributed by atoms with Crippen LogP contribution in [0.25, 0.3) is 16.8 Å². The third kappa shape index (κ3) is 2.08. The first-order chi connectivity index (χ1) is 10.6. The number of anilines is 1. The molecule has 4 rings (SSSR count). The number of rotatable bonds is 1. The summed E-state index contributed by atoms with van der Waals surface area (Å²) in [7, 11) is 2.13. The molecule has 0 spiro atoms. The van der Waals surface area contributed by atoms with Gasteiger partial charge in [-0.25, -0.2) is 9.97 Å². The summed E-state index contributed by atoms with van der Waals surface area (Å²) in [5, 5.41) is 8.90. The minimum absolute atomic E-state index is 0.622. The van der Waals surface area contributed by atoms with Gasteiger partial charge < -0.3 is 9.80 Å². The van der Waals surface area contributed by atoms with Gasteiger partial charge in [0.15, 0.2) is 11.5 Å². The molecule has 4 heterocycles. The molecular weight excluding hydrogens is 302 g/mol. The predicted molar refractivity (Wildman–Crippen MR) is 85.5 cm³/mol. The van der Waals surface area contributed by atoms with Crippen LogP contribution >= 0.6 is 11.6 Å². The van der Waals surface area contributed by atoms with E-state index in [0.717, 1.165) is 48.9 Å². The van der Waals surface area contributed by atoms with Crippen LogP contribution in [0.15, 0.2) is 12.4 Å². The Labute approximate surface area is 132 Å². The highest BCUT2D eigenvalue weighted by atomic mass is 35.5. The smallest absolute Gasteiger partial charge is 0.204 e. The highest BCUT2D eigenvalue weighted by molar-refractivity contribution is 6.31. The summed E-state index contributed by atoms with van der Waals surface area (Å²) in [4.78, 5) is 13.8. The first-order valence-corrected chi connectivity index (χ1v) is 7.61. The topological polar surface area (TPSA) is 62.5 Å². The fourth-order valence-corrected chi connectivity index (χ4v) is 2.91. The number of nitrogens with zero attached hydrogens (tertiary/aromatic N) is 7. The largest absolute Gasteiger partial charge is 0.351 e. The molecule has 3 aromatic rings. The SMILES string of the molecule is Cc1nc2nc(N3CCN(C)CC3)c3nncn3c2cc1Cl. The molecule has 1 fully saturated rings. The summed E-state index contributed by atoms with van der Waals surface area (Å²) in [6, 6.07) is 1.87. The lowest BCUT2D eigenvalue weighted by atomic mass is 10.3. The van der Waals surface area contributed by atoms with E-state index in [1.807, 2.05) is 17.4 Å². The summed E-state index contributed by atoms with van der Waals surface area (Å²) in [6.07, 6.45) is 1.69. The minimum atomic E-state index is 0.622. The molecule has 0 N–H and O–H groups in total. The van der Waals surface area contributed by atoms with Crippen LogP contribution in [0.5, 0.6) is 0 Å². The molecule has 0 unspecified atom stereocenters. The average molecular weight is 318 g/mol. The van der Waals surface area contributed by atoms with Gasteiger partial charge in [0.2, 0.25) is 5.65 Å². The van der Waals surface area contributed by atoms with Crippen molar-refractivity contribution in [3.05, 3.63) is 23.1 Å². The molecule has 0 aromatic carbocycles. The van der Waals surface area contributed by atoms with E-state index in [0.29, 0.717) is 10.7 Å². The van der Waals surface area contributed by atoms with Crippen molar-refractivity contribution in [1.82, 2.24) is 29.5 Å². The molecule has 22 heavy (non-hydrogen) atoms. The van der Waals surface area contributed by atoms with E-state index in [-0.39, 0.29) is 0 Å². The van der Waals surface area contributed by atoms with Crippen LogP contribution in [0.2, 0.25) is 5.02 Å². The van der Waals surface area contributed by atoms with Gasteiger partial charge in [-0.1, -0.05) is 11.6 Å². The average Bonchev–Trinajstić information content (AvgIpc) is 2.99. The Hall–Kier alpha value is -1.99. The van der Waals surface area contributed by atoms with Gasteiger partial charge >= 0.3 is 0 Å². The molecule has 0 saturated carbocycles. The van der Waals surface area contributed by atoms with E-state index in [1.54, 1.807) is 6.33 Å². The van der Waals surface area contributed by atoms with Crippen molar-refractivity contribution in [2.45, 2.75) is 6.92 Å². The normalized spacial score (nSPS) is 16.8. The third-order valence-electron chi connectivity index (χ3n) is 4.13. The molecule has 0 aliphatic carbocycles. The van der Waals surface area contributed by atoms with Gasteiger partial charge in [0.05, 0.1) is 16.2 Å². The Balaban J connectivity index is 1.93. The maximum Gasteiger partial charge on any atom is 0.204 e. The van der Waals surface area contributed by atoms with Gasteiger partial charge in [-0.15, -0.1) is 10.2 Å². The van der Waals surface area contributed by atoms with Gasteiger partial charge in [-0.2, -0.15) is 0 Å². The Kier molecular flexibility index (Phi) is 3.12. The fourth-order valence-electron chi connectivity index (χ4n) is 2.76. The second kappa shape index (κ2) is 5.03. The molecule has 7 nitrogen and oxygen atoms in total. The first kappa shape index (κ1) is 13.7. The van der Waals surface area contributed by atoms with Gasteiger partial charge in [-0.3, -0.25) is 4.40 Å². The number of hydrogen-bond acceptors (Lipinski definition) is 6. The number of piperazine rings is 1. The lowest BCUT2D eigenvalue weighted by Gasteiger charge is -2.33. The van der Waals surface area contributed by atoms with Crippen LogP contribution in [-0.4, -0.2) is 62.7 Å². The summed E-state index contributed by atoms with van der Waals surface area (Å²) in [5.74, 6) is 0.840. The van der Waals surface area contributed by atoms with Crippen LogP contribution in [0.3, 0.4) is 0 Å². The molecule has 8 heteroatoms. The number of fused-ring (bicyclic) bond motifs is 3. The molecular formula is C14H16ClN7. The molecule has 114 valence electrons. The highest BCUT2D eigenvalue weighted by Crippen LogP contribution is 2.25. The first-order valence-electron chi connectivity index (χ1n) is 7.23. The molecule has 0 atom stereocenters. The molecule has 0 radical (unpaired) electrons. The Bertz CT molecular complexity index is 851. The zero-order chi connectivity index (χ0) is 15.3. The maximum absolute atomic E-state index is 6.20. The molecule has 0 bridgehead atoms. The Morgan fingerprint density at radius 1 is 1.14 bits per heavy atom. The summed E-state index contributed by atoms with van der Waals surface area (Å²) < 4.78 is 1.91. The second-order valence-corrected chi connectivity index (χ2v) is 6.06. The van der Waals surface area contributed by atoms with Gasteiger partial charge in [0.1, 0.15) is 6.33 Å². The molecule has 1 aliphatic heterocycles. The molecule has 0 amide bonds. The number of likely N-dealkylation sites (N-methyl/N-ethyl adjacent to an activating group) is 1. The molecule has 1 aliphatic rings. The van der Waals surface area contributed by atoms with E-state index in [4.69, 9.17) is 16.6 Å². The van der Waals surface area contributed by atoms with Crippen molar-refractivity contribution in [2.24, 2.45) is 0 Å². The maximum atomic E-state index is 6.20. The van der Waals surface area contributed by atoms with Crippen molar-refractivity contribution >= 4 is 34.2 Å². The van der Waals surface area contributed by atoms with Crippen molar-refractivity contribution in [1.29, 1.82) is 0 Å². The van der Waals surface area contributed by atoms with Gasteiger partial charge in [-0.05, 0) is 20.0 Å². The Morgan fingerprint density at radius 2 is 1.91 bits per heavy atom. The summed E-state index contributed by atoms with van der Waals surface area (Å²) in [5.41, 5.74) is 3.02. The van der Waals surface area contributed by atoms with Crippen LogP contribution in [0.1, 0.15) is 5.69 Å². The standard InChI is InChI=1S/C14H16ClN7/c1-9-10(15)7-11-12(17-9)18-13(14-19-16-8-22(11)14)21-5-3-20(2)4-6-21/h7-8H,3-6H2,1-2H3. The van der Waals surface area contributed by atoms with E-state index >= 15 is 0 Å². The monoisotopic (exact) mass is 317 g/mol. The number of aryl methyl sites for hydroxylation is 1. The predicted octanol–water partition coefficient (Wildman–Crippen LogP) is 1.39. The fraction of sp³-hybridized carbons (Fsp3) is 0.429. The van der Waals surface area contributed by atoms with Crippen LogP contribution in [-0.2, 0) is 0 Å². The van der Waals surface area contributed by atoms with Gasteiger partial charge in [0.25, 0.3) is 0 Å². The minimum Gasteiger partial charge on any atom is -0.351 e. The van der Waals surface area contributed by atoms with Crippen LogP contribution in [0.4, 0.5) is 5.82 Å². The molecule has 1 saturated heterocycles. The van der Waals surface area contributed by atoms with E-state index in [1.165, 1.54) is 0 Å².